The van der Waals surface area contributed by atoms with Crippen molar-refractivity contribution in [2.75, 3.05) is 6.54 Å². The van der Waals surface area contributed by atoms with Crippen molar-refractivity contribution in [2.45, 2.75) is 53.1 Å². The molecule has 13 heavy (non-hydrogen) atoms. The minimum atomic E-state index is 0.279. The largest absolute Gasteiger partial charge is 0.288 e. The molecule has 0 aromatic heterocycles. The van der Waals surface area contributed by atoms with E-state index in [1.54, 1.807) is 0 Å². The van der Waals surface area contributed by atoms with Crippen molar-refractivity contribution < 1.29 is 0 Å². The Kier molecular flexibility index (Phi) is 2.59. The molecule has 1 atom stereocenters. The van der Waals surface area contributed by atoms with Gasteiger partial charge in [0.1, 0.15) is 0 Å². The Morgan fingerprint density at radius 2 is 1.62 bits per heavy atom. The third kappa shape index (κ3) is 2.34. The van der Waals surface area contributed by atoms with Gasteiger partial charge in [0.2, 0.25) is 0 Å². The van der Waals surface area contributed by atoms with E-state index in [4.69, 9.17) is 0 Å². The van der Waals surface area contributed by atoms with Gasteiger partial charge < -0.3 is 0 Å². The summed E-state index contributed by atoms with van der Waals surface area (Å²) in [6, 6.07) is 0.590. The molecule has 0 saturated heterocycles. The van der Waals surface area contributed by atoms with E-state index in [1.165, 1.54) is 0 Å². The molecule has 0 bridgehead atoms. The molecule has 0 aromatic carbocycles. The molecule has 1 rings (SSSR count). The fourth-order valence-electron chi connectivity index (χ4n) is 1.97. The molecule has 1 nitrogen and oxygen atoms in total. The Hall–Kier alpha value is -0.300. The predicted molar refractivity (Wildman–Crippen MR) is 58.8 cm³/mol. The lowest BCUT2D eigenvalue weighted by molar-refractivity contribution is 0.0726. The highest BCUT2D eigenvalue weighted by Crippen LogP contribution is 2.33. The lowest BCUT2D eigenvalue weighted by atomic mass is 9.85. The van der Waals surface area contributed by atoms with Crippen molar-refractivity contribution in [3.63, 3.8) is 0 Å². The maximum Gasteiger partial charge on any atom is 0.0335 e. The molecular formula is C12H23N. The summed E-state index contributed by atoms with van der Waals surface area (Å²) in [5.74, 6) is 0. The number of hydrogen-bond acceptors (Lipinski definition) is 1. The predicted octanol–water partition coefficient (Wildman–Crippen LogP) is 3.07. The maximum absolute atomic E-state index is 2.56. The van der Waals surface area contributed by atoms with Crippen LogP contribution in [0.4, 0.5) is 0 Å². The van der Waals surface area contributed by atoms with E-state index in [0.29, 0.717) is 11.5 Å². The Labute approximate surface area is 82.8 Å². The second kappa shape index (κ2) is 3.13. The Morgan fingerprint density at radius 3 is 1.92 bits per heavy atom. The van der Waals surface area contributed by atoms with Crippen LogP contribution < -0.4 is 0 Å². The summed E-state index contributed by atoms with van der Waals surface area (Å²) in [6.07, 6.45) is 4.65. The van der Waals surface area contributed by atoms with Crippen LogP contribution in [0, 0.1) is 5.41 Å². The average Bonchev–Trinajstić information content (AvgIpc) is 2.27. The van der Waals surface area contributed by atoms with E-state index >= 15 is 0 Å². The van der Waals surface area contributed by atoms with Crippen LogP contribution in [0.5, 0.6) is 0 Å². The van der Waals surface area contributed by atoms with Crippen LogP contribution in [-0.4, -0.2) is 23.0 Å². The summed E-state index contributed by atoms with van der Waals surface area (Å²) in [5, 5.41) is 0. The molecule has 1 heteroatoms. The van der Waals surface area contributed by atoms with Crippen LogP contribution in [0.15, 0.2) is 12.2 Å². The van der Waals surface area contributed by atoms with Crippen molar-refractivity contribution in [2.24, 2.45) is 5.41 Å². The summed E-state index contributed by atoms with van der Waals surface area (Å²) >= 11 is 0. The lowest BCUT2D eigenvalue weighted by Gasteiger charge is -2.42. The zero-order chi connectivity index (χ0) is 10.3. The topological polar surface area (TPSA) is 3.24 Å². The van der Waals surface area contributed by atoms with Gasteiger partial charge in [-0.1, -0.05) is 32.9 Å². The highest BCUT2D eigenvalue weighted by Gasteiger charge is 2.36. The van der Waals surface area contributed by atoms with Crippen molar-refractivity contribution in [3.05, 3.63) is 12.2 Å². The zero-order valence-electron chi connectivity index (χ0n) is 9.89. The maximum atomic E-state index is 2.56. The van der Waals surface area contributed by atoms with Gasteiger partial charge in [0, 0.05) is 18.1 Å². The monoisotopic (exact) mass is 181 g/mol. The van der Waals surface area contributed by atoms with Crippen LogP contribution >= 0.6 is 0 Å². The minimum Gasteiger partial charge on any atom is -0.288 e. The van der Waals surface area contributed by atoms with Gasteiger partial charge in [-0.2, -0.15) is 0 Å². The fourth-order valence-corrected chi connectivity index (χ4v) is 1.97. The second-order valence-electron chi connectivity index (χ2n) is 6.06. The third-order valence-corrected chi connectivity index (χ3v) is 2.71. The van der Waals surface area contributed by atoms with E-state index in [9.17, 15) is 0 Å². The van der Waals surface area contributed by atoms with Crippen molar-refractivity contribution >= 4 is 0 Å². The average molecular weight is 181 g/mol. The van der Waals surface area contributed by atoms with Gasteiger partial charge in [0.15, 0.2) is 0 Å². The van der Waals surface area contributed by atoms with Crippen LogP contribution in [0.1, 0.15) is 41.5 Å². The van der Waals surface area contributed by atoms with Gasteiger partial charge >= 0.3 is 0 Å². The number of hydrogen-bond donors (Lipinski definition) is 0. The molecule has 0 unspecified atom stereocenters. The highest BCUT2D eigenvalue weighted by molar-refractivity contribution is 5.10. The number of nitrogens with zero attached hydrogens (tertiary/aromatic N) is 1. The van der Waals surface area contributed by atoms with Crippen LogP contribution in [0.25, 0.3) is 0 Å². The Balaban J connectivity index is 2.81. The standard InChI is InChI=1S/C12H23N/c1-11(2,3)10-8-7-9-13(10)12(4,5)6/h7-8,10H,9H2,1-6H3/t10-/m1/s1. The van der Waals surface area contributed by atoms with E-state index < -0.39 is 0 Å². The van der Waals surface area contributed by atoms with E-state index in [1.807, 2.05) is 0 Å². The molecule has 1 aliphatic heterocycles. The van der Waals surface area contributed by atoms with Gasteiger partial charge in [-0.05, 0) is 26.2 Å². The third-order valence-electron chi connectivity index (χ3n) is 2.71. The van der Waals surface area contributed by atoms with Crippen LogP contribution in [0.3, 0.4) is 0 Å². The number of rotatable bonds is 0. The molecule has 0 amide bonds. The second-order valence-corrected chi connectivity index (χ2v) is 6.06. The fraction of sp³-hybridized carbons (Fsp3) is 0.833. The first-order valence-corrected chi connectivity index (χ1v) is 5.16. The van der Waals surface area contributed by atoms with Gasteiger partial charge in [-0.3, -0.25) is 4.90 Å². The smallest absolute Gasteiger partial charge is 0.0335 e. The zero-order valence-corrected chi connectivity index (χ0v) is 9.89. The highest BCUT2D eigenvalue weighted by atomic mass is 15.2. The molecule has 0 aromatic rings. The molecular weight excluding hydrogens is 158 g/mol. The van der Waals surface area contributed by atoms with Gasteiger partial charge in [0.25, 0.3) is 0 Å². The normalized spacial score (nSPS) is 25.5. The summed E-state index contributed by atoms with van der Waals surface area (Å²) in [7, 11) is 0. The first kappa shape index (κ1) is 10.8. The van der Waals surface area contributed by atoms with Crippen molar-refractivity contribution in [3.8, 4) is 0 Å². The Bertz CT molecular complexity index is 202. The van der Waals surface area contributed by atoms with Crippen LogP contribution in [0.2, 0.25) is 0 Å². The SMILES string of the molecule is CC(C)(C)[C@H]1C=CCN1C(C)(C)C. The molecule has 76 valence electrons. The molecule has 0 radical (unpaired) electrons. The molecule has 0 aliphatic carbocycles. The minimum absolute atomic E-state index is 0.279. The van der Waals surface area contributed by atoms with E-state index in [-0.39, 0.29) is 5.54 Å². The van der Waals surface area contributed by atoms with Gasteiger partial charge in [-0.25, -0.2) is 0 Å². The summed E-state index contributed by atoms with van der Waals surface area (Å²) in [4.78, 5) is 2.56. The van der Waals surface area contributed by atoms with Crippen molar-refractivity contribution in [1.82, 2.24) is 4.90 Å². The summed E-state index contributed by atoms with van der Waals surface area (Å²) in [5.41, 5.74) is 0.627. The lowest BCUT2D eigenvalue weighted by Crippen LogP contribution is -2.49. The van der Waals surface area contributed by atoms with E-state index in [2.05, 4.69) is 58.6 Å². The summed E-state index contributed by atoms with van der Waals surface area (Å²) in [6.45, 7) is 14.9. The van der Waals surface area contributed by atoms with Crippen molar-refractivity contribution in [1.29, 1.82) is 0 Å². The molecule has 0 fully saturated rings. The molecule has 1 heterocycles. The molecule has 0 spiro atoms. The first-order chi connectivity index (χ1) is 5.73. The molecule has 0 saturated carbocycles. The van der Waals surface area contributed by atoms with Gasteiger partial charge in [0.05, 0.1) is 0 Å². The van der Waals surface area contributed by atoms with Gasteiger partial charge in [-0.15, -0.1) is 0 Å². The van der Waals surface area contributed by atoms with Crippen LogP contribution in [-0.2, 0) is 0 Å². The molecule has 1 aliphatic rings. The Morgan fingerprint density at radius 1 is 1.08 bits per heavy atom. The molecule has 0 N–H and O–H groups in total. The summed E-state index contributed by atoms with van der Waals surface area (Å²) < 4.78 is 0. The van der Waals surface area contributed by atoms with E-state index in [0.717, 1.165) is 6.54 Å². The first-order valence-electron chi connectivity index (χ1n) is 5.16. The quantitative estimate of drug-likeness (QED) is 0.519.